The predicted molar refractivity (Wildman–Crippen MR) is 280 cm³/mol. The van der Waals surface area contributed by atoms with Gasteiger partial charge in [-0.3, -0.25) is 14.8 Å². The number of fused-ring (bicyclic) bond motifs is 2. The van der Waals surface area contributed by atoms with E-state index in [1.807, 2.05) is 36.4 Å². The summed E-state index contributed by atoms with van der Waals surface area (Å²) >= 11 is 0. The monoisotopic (exact) mass is 1030 g/mol. The summed E-state index contributed by atoms with van der Waals surface area (Å²) in [5.41, 5.74) is 20.2. The molecule has 2 aromatic heterocycles. The van der Waals surface area contributed by atoms with E-state index in [1.54, 1.807) is 48.8 Å². The van der Waals surface area contributed by atoms with Crippen LogP contribution in [0.3, 0.4) is 0 Å². The van der Waals surface area contributed by atoms with Gasteiger partial charge in [-0.25, -0.2) is 27.3 Å². The predicted octanol–water partition coefficient (Wildman–Crippen LogP) is 8.77. The van der Waals surface area contributed by atoms with Crippen LogP contribution in [0.2, 0.25) is 0 Å². The SMILES string of the molecule is C.C.O=CO[O-].[C-]#[N+]c1cccc(-c2ccc3ncc(-c4cc(F)cc(F)c4)c(N4CCC(N)CC4)c3c2)c1O.[C-]#[N+]c1cccc(-c2ccc3ncc(-c4cc(F)cc(F)c4)c(N4CCC(N)CC4)c3c2)c1O.[Na+]. The molecular formula is C57H53F4N8NaO5. The molecular weight excluding hydrogens is 976 g/mol. The van der Waals surface area contributed by atoms with Gasteiger partial charge in [-0.05, 0) is 96.5 Å². The molecule has 0 saturated carbocycles. The number of carbonyl (C=O) groups is 1. The molecule has 75 heavy (non-hydrogen) atoms. The molecule has 0 radical (unpaired) electrons. The number of benzene rings is 6. The summed E-state index contributed by atoms with van der Waals surface area (Å²) in [7, 11) is 0. The Morgan fingerprint density at radius 3 is 1.24 bits per heavy atom. The standard InChI is InChI=1S/2C27H22F2N4O.CH2O3.2CH4.Na/c2*1-31-25-4-2-3-21(27(25)34)16-5-6-24-22(13-16)26(33-9-7-20(30)8-10-33)23(15-32-24)17-11-18(28)14-19(29)12-17;2-1-4-3;;;/h2*2-6,11-15,20,34H,7-10,30H2;1,3H;2*1H4;/q;;;;;+1/p-1. The van der Waals surface area contributed by atoms with Gasteiger partial charge in [-0.2, -0.15) is 0 Å². The first-order valence-corrected chi connectivity index (χ1v) is 22.7. The average molecular weight is 1030 g/mol. The molecule has 2 fully saturated rings. The number of nitrogens with two attached hydrogens (primary N) is 2. The number of aromatic nitrogens is 2. The van der Waals surface area contributed by atoms with E-state index >= 15 is 0 Å². The third-order valence-corrected chi connectivity index (χ3v) is 12.7. The maximum absolute atomic E-state index is 14.1. The molecule has 8 aromatic rings. The molecule has 6 N–H and O–H groups in total. The van der Waals surface area contributed by atoms with E-state index in [-0.39, 0.29) is 85.8 Å². The molecule has 13 nitrogen and oxygen atoms in total. The van der Waals surface area contributed by atoms with Crippen molar-refractivity contribution in [2.75, 3.05) is 36.0 Å². The maximum Gasteiger partial charge on any atom is 1.00 e. The first-order valence-electron chi connectivity index (χ1n) is 22.7. The average Bonchev–Trinajstić information content (AvgIpc) is 3.38. The molecule has 380 valence electrons. The fourth-order valence-corrected chi connectivity index (χ4v) is 9.17. The zero-order valence-corrected chi connectivity index (χ0v) is 41.4. The van der Waals surface area contributed by atoms with Gasteiger partial charge in [0.05, 0.1) is 35.6 Å². The number of phenols is 2. The van der Waals surface area contributed by atoms with Crippen molar-refractivity contribution in [3.8, 4) is 56.0 Å². The number of aromatic hydroxyl groups is 2. The van der Waals surface area contributed by atoms with Crippen molar-refractivity contribution < 1.29 is 72.3 Å². The third-order valence-electron chi connectivity index (χ3n) is 12.7. The summed E-state index contributed by atoms with van der Waals surface area (Å²) in [6, 6.07) is 28.4. The van der Waals surface area contributed by atoms with Gasteiger partial charge in [0.1, 0.15) is 34.8 Å². The zero-order chi connectivity index (χ0) is 51.1. The van der Waals surface area contributed by atoms with Gasteiger partial charge in [0, 0.05) is 95.8 Å². The van der Waals surface area contributed by atoms with Crippen molar-refractivity contribution in [2.24, 2.45) is 11.5 Å². The van der Waals surface area contributed by atoms with Gasteiger partial charge in [0.25, 0.3) is 6.47 Å². The van der Waals surface area contributed by atoms with Crippen molar-refractivity contribution in [1.82, 2.24) is 9.97 Å². The topological polar surface area (TPSA) is 183 Å². The number of hydrogen-bond donors (Lipinski definition) is 4. The molecule has 0 aliphatic carbocycles. The van der Waals surface area contributed by atoms with Gasteiger partial charge >= 0.3 is 29.6 Å². The Morgan fingerprint density at radius 2 is 0.920 bits per heavy atom. The number of para-hydroxylation sites is 2. The minimum absolute atomic E-state index is 0. The Labute approximate surface area is 454 Å². The Bertz CT molecular complexity index is 3150. The fourth-order valence-electron chi connectivity index (χ4n) is 9.17. The van der Waals surface area contributed by atoms with Crippen LogP contribution >= 0.6 is 0 Å². The Hall–Kier alpha value is -7.61. The van der Waals surface area contributed by atoms with Crippen LogP contribution in [0.4, 0.5) is 40.3 Å². The van der Waals surface area contributed by atoms with E-state index in [0.717, 1.165) is 82.1 Å². The summed E-state index contributed by atoms with van der Waals surface area (Å²) < 4.78 is 56.4. The van der Waals surface area contributed by atoms with Crippen molar-refractivity contribution >= 4 is 51.0 Å². The first kappa shape index (κ1) is 58.3. The zero-order valence-electron chi connectivity index (χ0n) is 39.4. The second-order valence-corrected chi connectivity index (χ2v) is 17.2. The van der Waals surface area contributed by atoms with Gasteiger partial charge in [-0.15, -0.1) is 0 Å². The quantitative estimate of drug-likeness (QED) is 0.0299. The minimum Gasteiger partial charge on any atom is -0.662 e. The molecule has 0 amide bonds. The third kappa shape index (κ3) is 13.0. The number of phenolic OH excluding ortho intramolecular Hbond substituents is 2. The summed E-state index contributed by atoms with van der Waals surface area (Å²) in [5, 5.41) is 31.3. The van der Waals surface area contributed by atoms with E-state index in [1.165, 1.54) is 24.3 Å². The molecule has 0 bridgehead atoms. The van der Waals surface area contributed by atoms with E-state index in [4.69, 9.17) is 34.7 Å². The van der Waals surface area contributed by atoms with E-state index in [2.05, 4.69) is 34.3 Å². The molecule has 0 spiro atoms. The number of halogens is 4. The van der Waals surface area contributed by atoms with Crippen molar-refractivity contribution in [3.05, 3.63) is 168 Å². The van der Waals surface area contributed by atoms with E-state index in [9.17, 15) is 27.8 Å². The number of hydrogen-bond acceptors (Lipinski definition) is 11. The second kappa shape index (κ2) is 26.0. The Balaban J connectivity index is 0.000000250. The molecule has 2 aliphatic rings. The second-order valence-electron chi connectivity index (χ2n) is 17.2. The molecule has 6 aromatic carbocycles. The summed E-state index contributed by atoms with van der Waals surface area (Å²) in [6.45, 7) is 17.2. The van der Waals surface area contributed by atoms with Crippen LogP contribution in [-0.4, -0.2) is 64.9 Å². The maximum atomic E-state index is 14.1. The molecule has 4 heterocycles. The molecule has 18 heteroatoms. The number of pyridine rings is 2. The first-order chi connectivity index (χ1) is 34.8. The minimum atomic E-state index is -0.656. The Morgan fingerprint density at radius 1 is 0.573 bits per heavy atom. The van der Waals surface area contributed by atoms with Crippen LogP contribution < -0.4 is 56.1 Å². The largest absolute Gasteiger partial charge is 1.00 e. The normalized spacial score (nSPS) is 13.3. The van der Waals surface area contributed by atoms with Crippen molar-refractivity contribution in [1.29, 1.82) is 0 Å². The van der Waals surface area contributed by atoms with Crippen LogP contribution in [-0.2, 0) is 9.68 Å². The molecule has 2 aliphatic heterocycles. The van der Waals surface area contributed by atoms with Crippen molar-refractivity contribution in [3.63, 3.8) is 0 Å². The smallest absolute Gasteiger partial charge is 0.662 e. The van der Waals surface area contributed by atoms with Gasteiger partial charge in [0.15, 0.2) is 0 Å². The number of rotatable bonds is 7. The number of carbonyl (C=O) groups excluding carboxylic acids is 1. The summed E-state index contributed by atoms with van der Waals surface area (Å²) in [5.74, 6) is -2.79. The van der Waals surface area contributed by atoms with E-state index < -0.39 is 23.3 Å². The molecule has 2 saturated heterocycles. The molecule has 10 rings (SSSR count). The summed E-state index contributed by atoms with van der Waals surface area (Å²) in [6.07, 6.45) is 6.50. The number of anilines is 2. The van der Waals surface area contributed by atoms with Crippen LogP contribution in [0, 0.1) is 36.4 Å². The van der Waals surface area contributed by atoms with Crippen molar-refractivity contribution in [2.45, 2.75) is 52.6 Å². The van der Waals surface area contributed by atoms with Crippen LogP contribution in [0.1, 0.15) is 40.5 Å². The van der Waals surface area contributed by atoms with Crippen LogP contribution in [0.15, 0.2) is 122 Å². The Kier molecular flexibility index (Phi) is 20.2. The van der Waals surface area contributed by atoms with Gasteiger partial charge < -0.3 is 41.6 Å². The van der Waals surface area contributed by atoms with Gasteiger partial charge in [0.2, 0.25) is 11.4 Å². The van der Waals surface area contributed by atoms with Crippen LogP contribution in [0.5, 0.6) is 11.5 Å². The fraction of sp³-hybridized carbons (Fsp3) is 0.211. The number of nitrogens with zero attached hydrogens (tertiary/aromatic N) is 6. The van der Waals surface area contributed by atoms with Crippen LogP contribution in [0.25, 0.3) is 76.0 Å². The summed E-state index contributed by atoms with van der Waals surface area (Å²) in [4.78, 5) is 31.5. The molecule has 0 unspecified atom stereocenters. The molecule has 0 atom stereocenters. The number of piperidine rings is 2. The van der Waals surface area contributed by atoms with E-state index in [0.29, 0.717) is 59.6 Å². The van der Waals surface area contributed by atoms with Gasteiger partial charge in [-0.1, -0.05) is 63.4 Å².